The van der Waals surface area contributed by atoms with Gasteiger partial charge in [-0.15, -0.1) is 6.58 Å². The van der Waals surface area contributed by atoms with Crippen LogP contribution >= 0.6 is 0 Å². The molecule has 0 fully saturated rings. The van der Waals surface area contributed by atoms with Crippen LogP contribution in [0.15, 0.2) is 24.3 Å². The fourth-order valence-electron chi connectivity index (χ4n) is 0.312. The van der Waals surface area contributed by atoms with Gasteiger partial charge < -0.3 is 0 Å². The van der Waals surface area contributed by atoms with Crippen molar-refractivity contribution in [3.8, 4) is 0 Å². The average molecular weight is 171 g/mol. The van der Waals surface area contributed by atoms with Gasteiger partial charge in [0.05, 0.1) is 0 Å². The topological polar surface area (TPSA) is 0 Å². The minimum absolute atomic E-state index is 0.294. The Morgan fingerprint density at radius 2 is 1.64 bits per heavy atom. The van der Waals surface area contributed by atoms with E-state index in [1.807, 2.05) is 0 Å². The van der Waals surface area contributed by atoms with E-state index in [1.165, 1.54) is 0 Å². The third-order valence-corrected chi connectivity index (χ3v) is 0.723. The smallest absolute Gasteiger partial charge is 0.208 e. The molecule has 0 spiro atoms. The molecule has 0 nitrogen and oxygen atoms in total. The maximum atomic E-state index is 12.0. The third-order valence-electron chi connectivity index (χ3n) is 0.723. The van der Waals surface area contributed by atoms with E-state index in [9.17, 15) is 22.0 Å². The predicted octanol–water partition coefficient (Wildman–Crippen LogP) is 3.09. The fourth-order valence-corrected chi connectivity index (χ4v) is 0.312. The van der Waals surface area contributed by atoms with Crippen LogP contribution in [0.3, 0.4) is 0 Å². The monoisotopic (exact) mass is 171 g/mol. The zero-order valence-electron chi connectivity index (χ0n) is 5.25. The highest BCUT2D eigenvalue weighted by Gasteiger charge is 2.37. The molecule has 0 atom stereocenters. The molecule has 0 aliphatic carbocycles. The van der Waals surface area contributed by atoms with Crippen molar-refractivity contribution in [3.63, 3.8) is 0 Å². The van der Waals surface area contributed by atoms with E-state index in [0.29, 0.717) is 6.42 Å². The molecular weight excluding hydrogens is 167 g/mol. The van der Waals surface area contributed by atoms with Crippen molar-refractivity contribution in [2.45, 2.75) is 6.18 Å². The summed E-state index contributed by atoms with van der Waals surface area (Å²) in [5.74, 6) is -4.70. The Bertz CT molecular complexity index is 176. The highest BCUT2D eigenvalue weighted by Crippen LogP contribution is 2.30. The molecule has 63 valence electrons. The Morgan fingerprint density at radius 3 is 1.91 bits per heavy atom. The summed E-state index contributed by atoms with van der Waals surface area (Å²) in [7, 11) is 0. The summed E-state index contributed by atoms with van der Waals surface area (Å²) in [5.41, 5.74) is 0. The van der Waals surface area contributed by atoms with Gasteiger partial charge in [0.1, 0.15) is 5.83 Å². The molecule has 0 amide bonds. The Balaban J connectivity index is 4.52. The summed E-state index contributed by atoms with van der Waals surface area (Å²) >= 11 is 0. The highest BCUT2D eigenvalue weighted by atomic mass is 19.4. The Kier molecular flexibility index (Phi) is 3.22. The summed E-state index contributed by atoms with van der Waals surface area (Å²) in [6.45, 7) is 2.90. The van der Waals surface area contributed by atoms with E-state index in [-0.39, 0.29) is 0 Å². The van der Waals surface area contributed by atoms with Crippen molar-refractivity contribution in [1.29, 1.82) is 0 Å². The first kappa shape index (κ1) is 10.1. The highest BCUT2D eigenvalue weighted by molar-refractivity contribution is 5.19. The molecular formula is C6H4F5. The standard InChI is InChI=1S/C6H4F5/c1-2-3-4(7)5(8)6(9,10)11/h2-3H,1H2. The van der Waals surface area contributed by atoms with Crippen molar-refractivity contribution < 1.29 is 22.0 Å². The second-order valence-electron chi connectivity index (χ2n) is 1.56. The lowest BCUT2D eigenvalue weighted by Gasteiger charge is -2.02. The molecule has 0 heterocycles. The molecule has 0 aromatic rings. The van der Waals surface area contributed by atoms with Gasteiger partial charge >= 0.3 is 6.18 Å². The van der Waals surface area contributed by atoms with Gasteiger partial charge in [0, 0.05) is 6.42 Å². The molecule has 0 aromatic heterocycles. The van der Waals surface area contributed by atoms with Crippen LogP contribution in [0.2, 0.25) is 0 Å². The van der Waals surface area contributed by atoms with Crippen LogP contribution in [0, 0.1) is 6.42 Å². The molecule has 0 unspecified atom stereocenters. The first-order valence-corrected chi connectivity index (χ1v) is 2.48. The number of allylic oxidation sites excluding steroid dienone is 3. The molecule has 0 aliphatic heterocycles. The van der Waals surface area contributed by atoms with Crippen LogP contribution in [-0.2, 0) is 0 Å². The third kappa shape index (κ3) is 3.15. The molecule has 5 heteroatoms. The largest absolute Gasteiger partial charge is 0.445 e. The van der Waals surface area contributed by atoms with Crippen LogP contribution in [0.4, 0.5) is 22.0 Å². The Morgan fingerprint density at radius 1 is 1.18 bits per heavy atom. The van der Waals surface area contributed by atoms with Gasteiger partial charge in [0.15, 0.2) is 0 Å². The van der Waals surface area contributed by atoms with E-state index in [0.717, 1.165) is 6.08 Å². The normalized spacial score (nSPS) is 14.3. The van der Waals surface area contributed by atoms with E-state index in [4.69, 9.17) is 0 Å². The molecule has 0 N–H and O–H groups in total. The van der Waals surface area contributed by atoms with Crippen LogP contribution in [0.1, 0.15) is 0 Å². The maximum absolute atomic E-state index is 12.0. The summed E-state index contributed by atoms with van der Waals surface area (Å²) in [6.07, 6.45) is -4.24. The molecule has 0 aliphatic rings. The van der Waals surface area contributed by atoms with Gasteiger partial charge in [0.25, 0.3) is 0 Å². The second kappa shape index (κ2) is 3.50. The molecule has 0 saturated heterocycles. The van der Waals surface area contributed by atoms with E-state index in [1.54, 1.807) is 0 Å². The minimum Gasteiger partial charge on any atom is -0.208 e. The van der Waals surface area contributed by atoms with Crippen molar-refractivity contribution in [2.24, 2.45) is 0 Å². The van der Waals surface area contributed by atoms with Crippen molar-refractivity contribution in [3.05, 3.63) is 30.7 Å². The fraction of sp³-hybridized carbons (Fsp3) is 0.167. The summed E-state index contributed by atoms with van der Waals surface area (Å²) in [6, 6.07) is 0. The zero-order valence-corrected chi connectivity index (χ0v) is 5.25. The number of hydrogen-bond acceptors (Lipinski definition) is 0. The lowest BCUT2D eigenvalue weighted by Crippen LogP contribution is -2.09. The minimum atomic E-state index is -5.26. The van der Waals surface area contributed by atoms with Gasteiger partial charge in [-0.1, -0.05) is 6.08 Å². The second-order valence-corrected chi connectivity index (χ2v) is 1.56. The molecule has 0 bridgehead atoms. The predicted molar refractivity (Wildman–Crippen MR) is 29.8 cm³/mol. The lowest BCUT2D eigenvalue weighted by molar-refractivity contribution is -0.110. The number of alkyl halides is 3. The molecule has 1 radical (unpaired) electrons. The average Bonchev–Trinajstić information content (AvgIpc) is 1.85. The SMILES string of the molecule is C=C[CH]C(F)=C(F)C(F)(F)F. The van der Waals surface area contributed by atoms with Crippen LogP contribution in [0.25, 0.3) is 0 Å². The van der Waals surface area contributed by atoms with Crippen molar-refractivity contribution in [2.75, 3.05) is 0 Å². The number of rotatable bonds is 2. The van der Waals surface area contributed by atoms with Crippen molar-refractivity contribution >= 4 is 0 Å². The number of halogens is 5. The first-order chi connectivity index (χ1) is 4.89. The van der Waals surface area contributed by atoms with Crippen LogP contribution in [0.5, 0.6) is 0 Å². The van der Waals surface area contributed by atoms with Gasteiger partial charge in [0.2, 0.25) is 5.83 Å². The molecule has 0 saturated carbocycles. The van der Waals surface area contributed by atoms with E-state index >= 15 is 0 Å². The van der Waals surface area contributed by atoms with Gasteiger partial charge in [-0.2, -0.15) is 17.6 Å². The van der Waals surface area contributed by atoms with E-state index < -0.39 is 17.8 Å². The quantitative estimate of drug-likeness (QED) is 0.560. The van der Waals surface area contributed by atoms with Crippen LogP contribution in [-0.4, -0.2) is 6.18 Å². The zero-order chi connectivity index (χ0) is 9.07. The number of hydrogen-bond donors (Lipinski definition) is 0. The lowest BCUT2D eigenvalue weighted by atomic mass is 10.3. The van der Waals surface area contributed by atoms with Crippen molar-refractivity contribution in [1.82, 2.24) is 0 Å². The van der Waals surface area contributed by atoms with Gasteiger partial charge in [-0.3, -0.25) is 0 Å². The van der Waals surface area contributed by atoms with E-state index in [2.05, 4.69) is 6.58 Å². The van der Waals surface area contributed by atoms with Gasteiger partial charge in [-0.05, 0) is 0 Å². The summed E-state index contributed by atoms with van der Waals surface area (Å²) < 4.78 is 57.6. The molecule has 0 aromatic carbocycles. The van der Waals surface area contributed by atoms with Gasteiger partial charge in [-0.25, -0.2) is 4.39 Å². The molecule has 11 heavy (non-hydrogen) atoms. The first-order valence-electron chi connectivity index (χ1n) is 2.48. The summed E-state index contributed by atoms with van der Waals surface area (Å²) in [5, 5.41) is 0. The Labute approximate surface area is 60.0 Å². The van der Waals surface area contributed by atoms with Crippen LogP contribution < -0.4 is 0 Å². The summed E-state index contributed by atoms with van der Waals surface area (Å²) in [4.78, 5) is 0. The Hall–Kier alpha value is -0.870. The maximum Gasteiger partial charge on any atom is 0.445 e. The molecule has 0 rings (SSSR count).